The molecule has 0 bridgehead atoms. The Hall–Kier alpha value is -1.60. The fourth-order valence-corrected chi connectivity index (χ4v) is 4.18. The van der Waals surface area contributed by atoms with E-state index in [4.69, 9.17) is 0 Å². The number of rotatable bonds is 6. The summed E-state index contributed by atoms with van der Waals surface area (Å²) in [5, 5.41) is 12.2. The highest BCUT2D eigenvalue weighted by atomic mass is 32.2. The second-order valence-electron chi connectivity index (χ2n) is 5.22. The fourth-order valence-electron chi connectivity index (χ4n) is 2.40. The lowest BCUT2D eigenvalue weighted by Crippen LogP contribution is -2.33. The van der Waals surface area contributed by atoms with Gasteiger partial charge in [-0.2, -0.15) is 0 Å². The molecule has 2 heterocycles. The normalized spacial score (nSPS) is 12.8. The number of thiazole rings is 1. The van der Waals surface area contributed by atoms with Crippen LogP contribution in [0.15, 0.2) is 29.4 Å². The second-order valence-corrected chi connectivity index (χ2v) is 7.17. The molecule has 0 aliphatic rings. The first kappa shape index (κ1) is 15.3. The first-order valence-corrected chi connectivity index (χ1v) is 9.14. The molecule has 2 aromatic heterocycles. The molecule has 0 saturated heterocycles. The molecule has 0 saturated carbocycles. The predicted molar refractivity (Wildman–Crippen MR) is 91.6 cm³/mol. The molecule has 22 heavy (non-hydrogen) atoms. The highest BCUT2D eigenvalue weighted by Crippen LogP contribution is 2.29. The van der Waals surface area contributed by atoms with E-state index < -0.39 is 0 Å². The highest BCUT2D eigenvalue weighted by Gasteiger charge is 2.14. The number of carbonyl (C=O) groups is 1. The standard InChI is InChI=1S/C15H18N4OS2/c1-3-6-10(2)16-13(20)9-21-14-17-18-15-19(14)11-7-4-5-8-12(11)22-15/h4-5,7-8,10H,3,6,9H2,1-2H3,(H,16,20). The molecule has 0 spiro atoms. The Morgan fingerprint density at radius 2 is 2.23 bits per heavy atom. The molecule has 1 amide bonds. The van der Waals surface area contributed by atoms with Gasteiger partial charge in [0.1, 0.15) is 0 Å². The van der Waals surface area contributed by atoms with Gasteiger partial charge in [-0.3, -0.25) is 9.20 Å². The van der Waals surface area contributed by atoms with Gasteiger partial charge in [0.05, 0.1) is 16.0 Å². The lowest BCUT2D eigenvalue weighted by molar-refractivity contribution is -0.119. The number of hydrogen-bond donors (Lipinski definition) is 1. The van der Waals surface area contributed by atoms with Crippen LogP contribution in [0.2, 0.25) is 0 Å². The summed E-state index contributed by atoms with van der Waals surface area (Å²) in [5.41, 5.74) is 1.09. The van der Waals surface area contributed by atoms with Crippen LogP contribution in [0.3, 0.4) is 0 Å². The topological polar surface area (TPSA) is 59.3 Å². The summed E-state index contributed by atoms with van der Waals surface area (Å²) >= 11 is 3.04. The monoisotopic (exact) mass is 334 g/mol. The lowest BCUT2D eigenvalue weighted by Gasteiger charge is -2.11. The maximum atomic E-state index is 12.0. The predicted octanol–water partition coefficient (Wildman–Crippen LogP) is 3.34. The van der Waals surface area contributed by atoms with Crippen molar-refractivity contribution >= 4 is 44.2 Å². The summed E-state index contributed by atoms with van der Waals surface area (Å²) in [6.45, 7) is 4.15. The minimum absolute atomic E-state index is 0.0437. The Labute approximate surface area is 137 Å². The van der Waals surface area contributed by atoms with Crippen LogP contribution in [0.1, 0.15) is 26.7 Å². The Balaban J connectivity index is 1.73. The molecule has 5 nitrogen and oxygen atoms in total. The molecule has 1 atom stereocenters. The van der Waals surface area contributed by atoms with Crippen LogP contribution in [0.4, 0.5) is 0 Å². The van der Waals surface area contributed by atoms with E-state index in [2.05, 4.69) is 34.6 Å². The van der Waals surface area contributed by atoms with Crippen molar-refractivity contribution < 1.29 is 4.79 Å². The van der Waals surface area contributed by atoms with Gasteiger partial charge in [-0.05, 0) is 25.5 Å². The van der Waals surface area contributed by atoms with E-state index in [9.17, 15) is 4.79 Å². The zero-order valence-electron chi connectivity index (χ0n) is 12.6. The Bertz CT molecular complexity index is 795. The molecule has 1 N–H and O–H groups in total. The quantitative estimate of drug-likeness (QED) is 0.702. The van der Waals surface area contributed by atoms with Crippen molar-refractivity contribution in [2.75, 3.05) is 5.75 Å². The Morgan fingerprint density at radius 3 is 3.05 bits per heavy atom. The van der Waals surface area contributed by atoms with Crippen LogP contribution >= 0.6 is 23.1 Å². The molecule has 3 aromatic rings. The first-order valence-electron chi connectivity index (χ1n) is 7.34. The summed E-state index contributed by atoms with van der Waals surface area (Å²) in [5.74, 6) is 0.404. The number of aromatic nitrogens is 3. The van der Waals surface area contributed by atoms with E-state index in [1.807, 2.05) is 23.5 Å². The van der Waals surface area contributed by atoms with Gasteiger partial charge in [0.2, 0.25) is 10.9 Å². The number of thioether (sulfide) groups is 1. The van der Waals surface area contributed by atoms with Crippen molar-refractivity contribution in [2.24, 2.45) is 0 Å². The maximum absolute atomic E-state index is 12.0. The van der Waals surface area contributed by atoms with Crippen molar-refractivity contribution in [1.82, 2.24) is 19.9 Å². The molecular formula is C15H18N4OS2. The van der Waals surface area contributed by atoms with E-state index in [0.717, 1.165) is 28.5 Å². The minimum atomic E-state index is 0.0437. The van der Waals surface area contributed by atoms with Gasteiger partial charge in [0.15, 0.2) is 5.16 Å². The van der Waals surface area contributed by atoms with E-state index in [1.54, 1.807) is 11.3 Å². The number of nitrogens with zero attached hydrogens (tertiary/aromatic N) is 3. The largest absolute Gasteiger partial charge is 0.353 e. The van der Waals surface area contributed by atoms with Gasteiger partial charge in [-0.25, -0.2) is 0 Å². The van der Waals surface area contributed by atoms with Crippen LogP contribution in [-0.2, 0) is 4.79 Å². The molecule has 116 valence electrons. The molecular weight excluding hydrogens is 316 g/mol. The summed E-state index contributed by atoms with van der Waals surface area (Å²) in [7, 11) is 0. The van der Waals surface area contributed by atoms with Crippen molar-refractivity contribution in [3.05, 3.63) is 24.3 Å². The summed E-state index contributed by atoms with van der Waals surface area (Å²) in [4.78, 5) is 12.8. The fraction of sp³-hybridized carbons (Fsp3) is 0.400. The van der Waals surface area contributed by atoms with E-state index in [1.165, 1.54) is 16.5 Å². The minimum Gasteiger partial charge on any atom is -0.353 e. The maximum Gasteiger partial charge on any atom is 0.230 e. The third kappa shape index (κ3) is 3.10. The molecule has 0 aliphatic heterocycles. The van der Waals surface area contributed by atoms with E-state index in [0.29, 0.717) is 5.75 Å². The van der Waals surface area contributed by atoms with Gasteiger partial charge in [-0.1, -0.05) is 48.6 Å². The molecule has 1 unspecified atom stereocenters. The average Bonchev–Trinajstić information content (AvgIpc) is 3.04. The third-order valence-electron chi connectivity index (χ3n) is 3.37. The summed E-state index contributed by atoms with van der Waals surface area (Å²) in [6, 6.07) is 8.36. The van der Waals surface area contributed by atoms with Crippen molar-refractivity contribution in [2.45, 2.75) is 37.9 Å². The molecule has 0 fully saturated rings. The summed E-state index contributed by atoms with van der Waals surface area (Å²) < 4.78 is 3.20. The van der Waals surface area contributed by atoms with Crippen LogP contribution in [0.5, 0.6) is 0 Å². The van der Waals surface area contributed by atoms with Crippen molar-refractivity contribution in [1.29, 1.82) is 0 Å². The molecule has 1 aromatic carbocycles. The van der Waals surface area contributed by atoms with Crippen molar-refractivity contribution in [3.63, 3.8) is 0 Å². The van der Waals surface area contributed by atoms with Crippen LogP contribution in [-0.4, -0.2) is 32.3 Å². The van der Waals surface area contributed by atoms with Crippen LogP contribution in [0.25, 0.3) is 15.2 Å². The van der Waals surface area contributed by atoms with Gasteiger partial charge in [0.25, 0.3) is 0 Å². The number of carbonyl (C=O) groups excluding carboxylic acids is 1. The van der Waals surface area contributed by atoms with Gasteiger partial charge in [0, 0.05) is 6.04 Å². The lowest BCUT2D eigenvalue weighted by atomic mass is 10.2. The highest BCUT2D eigenvalue weighted by molar-refractivity contribution is 7.99. The van der Waals surface area contributed by atoms with E-state index >= 15 is 0 Å². The van der Waals surface area contributed by atoms with Gasteiger partial charge in [-0.15, -0.1) is 10.2 Å². The Kier molecular flexibility index (Phi) is 4.63. The molecule has 0 aliphatic carbocycles. The van der Waals surface area contributed by atoms with E-state index in [-0.39, 0.29) is 11.9 Å². The average molecular weight is 334 g/mol. The number of nitrogens with one attached hydrogen (secondary N) is 1. The molecule has 3 rings (SSSR count). The number of fused-ring (bicyclic) bond motifs is 3. The summed E-state index contributed by atoms with van der Waals surface area (Å²) in [6.07, 6.45) is 2.07. The third-order valence-corrected chi connectivity index (χ3v) is 5.31. The Morgan fingerprint density at radius 1 is 1.41 bits per heavy atom. The zero-order chi connectivity index (χ0) is 15.5. The zero-order valence-corrected chi connectivity index (χ0v) is 14.2. The second kappa shape index (κ2) is 6.66. The van der Waals surface area contributed by atoms with Crippen LogP contribution < -0.4 is 5.32 Å². The first-order chi connectivity index (χ1) is 10.7. The smallest absolute Gasteiger partial charge is 0.230 e. The number of amides is 1. The van der Waals surface area contributed by atoms with Crippen LogP contribution in [0, 0.1) is 0 Å². The number of hydrogen-bond acceptors (Lipinski definition) is 5. The SMILES string of the molecule is CCCC(C)NC(=O)CSc1nnc2sc3ccccc3n12. The molecule has 0 radical (unpaired) electrons. The number of para-hydroxylation sites is 1. The van der Waals surface area contributed by atoms with Gasteiger partial charge >= 0.3 is 0 Å². The van der Waals surface area contributed by atoms with Crippen molar-refractivity contribution in [3.8, 4) is 0 Å². The number of benzene rings is 1. The molecule has 7 heteroatoms. The van der Waals surface area contributed by atoms with Gasteiger partial charge < -0.3 is 5.32 Å².